The lowest BCUT2D eigenvalue weighted by molar-refractivity contribution is -0.131. The summed E-state index contributed by atoms with van der Waals surface area (Å²) in [5.74, 6) is 0.0496. The van der Waals surface area contributed by atoms with Gasteiger partial charge in [0, 0.05) is 6.08 Å². The van der Waals surface area contributed by atoms with Gasteiger partial charge in [-0.2, -0.15) is 5.26 Å². The van der Waals surface area contributed by atoms with E-state index in [0.717, 1.165) is 17.2 Å². The highest BCUT2D eigenvalue weighted by Gasteiger charge is 2.11. The molecule has 2 aromatic carbocycles. The Hall–Kier alpha value is -3.26. The van der Waals surface area contributed by atoms with Crippen LogP contribution in [0.5, 0.6) is 11.5 Å². The van der Waals surface area contributed by atoms with E-state index < -0.39 is 5.97 Å². The number of benzene rings is 2. The third-order valence-corrected chi connectivity index (χ3v) is 3.51. The first kappa shape index (κ1) is 17.1. The molecule has 2 rings (SSSR count). The molecule has 0 aliphatic carbocycles. The summed E-state index contributed by atoms with van der Waals surface area (Å²) in [6.45, 7) is 0. The fraction of sp³-hybridized carbons (Fsp3) is 0.158. The van der Waals surface area contributed by atoms with E-state index in [4.69, 9.17) is 14.7 Å². The van der Waals surface area contributed by atoms with Gasteiger partial charge in [-0.1, -0.05) is 30.3 Å². The van der Waals surface area contributed by atoms with E-state index in [1.165, 1.54) is 7.11 Å². The van der Waals surface area contributed by atoms with Crippen molar-refractivity contribution in [2.45, 2.75) is 6.42 Å². The highest BCUT2D eigenvalue weighted by molar-refractivity contribution is 5.95. The first-order chi connectivity index (χ1) is 11.6. The summed E-state index contributed by atoms with van der Waals surface area (Å²) in [7, 11) is 3.07. The standard InChI is InChI=1S/C19H17NO4/c1-23-17-8-7-15(11-18(17)24-2)16(12-19(21)22)14-5-3-13(4-6-14)9-10-20/h3-8,11-12H,9H2,1-2H3,(H,21,22). The van der Waals surface area contributed by atoms with Gasteiger partial charge in [-0.15, -0.1) is 0 Å². The van der Waals surface area contributed by atoms with Crippen molar-refractivity contribution < 1.29 is 19.4 Å². The van der Waals surface area contributed by atoms with Crippen molar-refractivity contribution in [3.05, 3.63) is 65.2 Å². The number of hydrogen-bond donors (Lipinski definition) is 1. The largest absolute Gasteiger partial charge is 0.493 e. The molecule has 2 aromatic rings. The van der Waals surface area contributed by atoms with Crippen LogP contribution in [0.3, 0.4) is 0 Å². The normalized spacial score (nSPS) is 10.8. The molecule has 0 fully saturated rings. The Morgan fingerprint density at radius 3 is 2.25 bits per heavy atom. The molecular formula is C19H17NO4. The van der Waals surface area contributed by atoms with E-state index in [1.54, 1.807) is 37.4 Å². The fourth-order valence-electron chi connectivity index (χ4n) is 2.35. The van der Waals surface area contributed by atoms with Crippen molar-refractivity contribution in [2.24, 2.45) is 0 Å². The van der Waals surface area contributed by atoms with Crippen LogP contribution >= 0.6 is 0 Å². The molecule has 0 aromatic heterocycles. The van der Waals surface area contributed by atoms with Gasteiger partial charge in [0.05, 0.1) is 26.7 Å². The summed E-state index contributed by atoms with van der Waals surface area (Å²) < 4.78 is 10.5. The highest BCUT2D eigenvalue weighted by atomic mass is 16.5. The lowest BCUT2D eigenvalue weighted by Gasteiger charge is -2.12. The molecule has 1 N–H and O–H groups in total. The van der Waals surface area contributed by atoms with E-state index in [-0.39, 0.29) is 0 Å². The maximum atomic E-state index is 11.2. The predicted octanol–water partition coefficient (Wildman–Crippen LogP) is 3.29. The molecule has 5 nitrogen and oxygen atoms in total. The predicted molar refractivity (Wildman–Crippen MR) is 90.0 cm³/mol. The summed E-state index contributed by atoms with van der Waals surface area (Å²) in [4.78, 5) is 11.2. The van der Waals surface area contributed by atoms with Gasteiger partial charge in [0.25, 0.3) is 0 Å². The summed E-state index contributed by atoms with van der Waals surface area (Å²) >= 11 is 0. The topological polar surface area (TPSA) is 79.5 Å². The SMILES string of the molecule is COc1ccc(C(=CC(=O)O)c2ccc(CC#N)cc2)cc1OC. The number of carboxylic acids is 1. The summed E-state index contributed by atoms with van der Waals surface area (Å²) in [5.41, 5.74) is 2.87. The number of nitrogens with zero attached hydrogens (tertiary/aromatic N) is 1. The minimum absolute atomic E-state index is 0.314. The maximum Gasteiger partial charge on any atom is 0.328 e. The van der Waals surface area contributed by atoms with Crippen molar-refractivity contribution >= 4 is 11.5 Å². The van der Waals surface area contributed by atoms with E-state index in [9.17, 15) is 9.90 Å². The van der Waals surface area contributed by atoms with Crippen molar-refractivity contribution in [3.8, 4) is 17.6 Å². The maximum absolute atomic E-state index is 11.2. The molecule has 0 bridgehead atoms. The number of nitriles is 1. The smallest absolute Gasteiger partial charge is 0.328 e. The van der Waals surface area contributed by atoms with Crippen LogP contribution in [-0.2, 0) is 11.2 Å². The molecule has 0 radical (unpaired) electrons. The number of aliphatic carboxylic acids is 1. The second-order valence-electron chi connectivity index (χ2n) is 5.00. The van der Waals surface area contributed by atoms with Crippen LogP contribution in [0.2, 0.25) is 0 Å². The highest BCUT2D eigenvalue weighted by Crippen LogP contribution is 2.33. The van der Waals surface area contributed by atoms with Crippen molar-refractivity contribution in [1.29, 1.82) is 5.26 Å². The molecule has 0 aliphatic heterocycles. The molecule has 24 heavy (non-hydrogen) atoms. The van der Waals surface area contributed by atoms with Gasteiger partial charge in [-0.3, -0.25) is 0 Å². The zero-order valence-electron chi connectivity index (χ0n) is 13.4. The van der Waals surface area contributed by atoms with E-state index in [2.05, 4.69) is 6.07 Å². The fourth-order valence-corrected chi connectivity index (χ4v) is 2.35. The molecule has 0 amide bonds. The molecular weight excluding hydrogens is 306 g/mol. The number of rotatable bonds is 6. The van der Waals surface area contributed by atoms with Gasteiger partial charge in [0.15, 0.2) is 11.5 Å². The Kier molecular flexibility index (Phi) is 5.58. The van der Waals surface area contributed by atoms with E-state index in [1.807, 2.05) is 12.1 Å². The van der Waals surface area contributed by atoms with Crippen LogP contribution in [0.4, 0.5) is 0 Å². The van der Waals surface area contributed by atoms with Gasteiger partial charge >= 0.3 is 5.97 Å². The molecule has 0 atom stereocenters. The van der Waals surface area contributed by atoms with Gasteiger partial charge in [-0.05, 0) is 34.4 Å². The Labute approximate surface area is 140 Å². The monoisotopic (exact) mass is 323 g/mol. The number of carbonyl (C=O) groups is 1. The molecule has 0 unspecified atom stereocenters. The van der Waals surface area contributed by atoms with Crippen LogP contribution < -0.4 is 9.47 Å². The third-order valence-electron chi connectivity index (χ3n) is 3.51. The quantitative estimate of drug-likeness (QED) is 0.825. The Bertz CT molecular complexity index is 801. The lowest BCUT2D eigenvalue weighted by atomic mass is 9.96. The molecule has 5 heteroatoms. The van der Waals surface area contributed by atoms with Crippen molar-refractivity contribution in [2.75, 3.05) is 14.2 Å². The second-order valence-corrected chi connectivity index (χ2v) is 5.00. The molecule has 0 heterocycles. The summed E-state index contributed by atoms with van der Waals surface area (Å²) in [5, 5.41) is 17.9. The number of carboxylic acid groups (broad SMARTS) is 1. The van der Waals surface area contributed by atoms with Gasteiger partial charge in [0.1, 0.15) is 0 Å². The van der Waals surface area contributed by atoms with Crippen molar-refractivity contribution in [1.82, 2.24) is 0 Å². The second kappa shape index (κ2) is 7.84. The van der Waals surface area contributed by atoms with E-state index in [0.29, 0.717) is 29.1 Å². The van der Waals surface area contributed by atoms with Crippen LogP contribution in [-0.4, -0.2) is 25.3 Å². The Morgan fingerprint density at radius 2 is 1.71 bits per heavy atom. The van der Waals surface area contributed by atoms with Gasteiger partial charge < -0.3 is 14.6 Å². The zero-order chi connectivity index (χ0) is 17.5. The molecule has 0 saturated heterocycles. The number of ether oxygens (including phenoxy) is 2. The van der Waals surface area contributed by atoms with Crippen LogP contribution in [0, 0.1) is 11.3 Å². The van der Waals surface area contributed by atoms with Crippen LogP contribution in [0.15, 0.2) is 48.5 Å². The number of hydrogen-bond acceptors (Lipinski definition) is 4. The summed E-state index contributed by atoms with van der Waals surface area (Å²) in [6, 6.07) is 14.6. The Balaban J connectivity index is 2.50. The molecule has 0 spiro atoms. The average molecular weight is 323 g/mol. The molecule has 0 aliphatic rings. The van der Waals surface area contributed by atoms with E-state index >= 15 is 0 Å². The molecule has 0 saturated carbocycles. The average Bonchev–Trinajstić information content (AvgIpc) is 2.60. The van der Waals surface area contributed by atoms with Crippen LogP contribution in [0.1, 0.15) is 16.7 Å². The lowest BCUT2D eigenvalue weighted by Crippen LogP contribution is -1.97. The summed E-state index contributed by atoms with van der Waals surface area (Å²) in [6.07, 6.45) is 1.47. The molecule has 122 valence electrons. The third kappa shape index (κ3) is 3.93. The zero-order valence-corrected chi connectivity index (χ0v) is 13.4. The Morgan fingerprint density at radius 1 is 1.08 bits per heavy atom. The van der Waals surface area contributed by atoms with Crippen molar-refractivity contribution in [3.63, 3.8) is 0 Å². The first-order valence-corrected chi connectivity index (χ1v) is 7.22. The minimum atomic E-state index is -1.04. The van der Waals surface area contributed by atoms with Crippen LogP contribution in [0.25, 0.3) is 5.57 Å². The van der Waals surface area contributed by atoms with Gasteiger partial charge in [0.2, 0.25) is 0 Å². The number of methoxy groups -OCH3 is 2. The first-order valence-electron chi connectivity index (χ1n) is 7.22. The van der Waals surface area contributed by atoms with Gasteiger partial charge in [-0.25, -0.2) is 4.79 Å². The minimum Gasteiger partial charge on any atom is -0.493 e.